The number of carbonyl (C=O) groups excluding carboxylic acids is 2. The van der Waals surface area contributed by atoms with Gasteiger partial charge in [0.15, 0.2) is 0 Å². The topological polar surface area (TPSA) is 87.9 Å². The molecule has 0 aliphatic carbocycles. The van der Waals surface area contributed by atoms with Gasteiger partial charge in [0.2, 0.25) is 11.8 Å². The number of hydrogen-bond donors (Lipinski definition) is 2. The molecule has 0 unspecified atom stereocenters. The van der Waals surface area contributed by atoms with E-state index in [-0.39, 0.29) is 11.8 Å². The van der Waals surface area contributed by atoms with Gasteiger partial charge in [0, 0.05) is 46.4 Å². The lowest BCUT2D eigenvalue weighted by molar-refractivity contribution is -0.142. The predicted molar refractivity (Wildman–Crippen MR) is 74.1 cm³/mol. The van der Waals surface area contributed by atoms with Crippen LogP contribution in [-0.2, 0) is 14.3 Å². The van der Waals surface area contributed by atoms with Crippen LogP contribution in [0.4, 0.5) is 0 Å². The molecule has 0 atom stereocenters. The number of piperazine rings is 1. The van der Waals surface area contributed by atoms with Crippen LogP contribution in [0.5, 0.6) is 0 Å². The van der Waals surface area contributed by atoms with E-state index in [4.69, 9.17) is 10.5 Å². The van der Waals surface area contributed by atoms with Gasteiger partial charge < -0.3 is 20.7 Å². The monoisotopic (exact) mass is 284 g/mol. The summed E-state index contributed by atoms with van der Waals surface area (Å²) >= 11 is 0. The van der Waals surface area contributed by atoms with Crippen molar-refractivity contribution < 1.29 is 14.3 Å². The minimum absolute atomic E-state index is 0.00417. The Morgan fingerprint density at radius 2 is 1.80 bits per heavy atom. The predicted octanol–water partition coefficient (Wildman–Crippen LogP) is -1.62. The Bertz CT molecular complexity index is 361. The van der Waals surface area contributed by atoms with E-state index in [1.165, 1.54) is 0 Å². The van der Waals surface area contributed by atoms with Crippen LogP contribution in [0.1, 0.15) is 12.8 Å². The molecule has 7 nitrogen and oxygen atoms in total. The molecule has 0 aromatic rings. The molecule has 3 N–H and O–H groups in total. The molecule has 0 aromatic carbocycles. The Hall–Kier alpha value is -1.18. The number of carbonyl (C=O) groups is 2. The Labute approximate surface area is 119 Å². The first-order chi connectivity index (χ1) is 9.55. The number of hydrogen-bond acceptors (Lipinski definition) is 5. The van der Waals surface area contributed by atoms with Gasteiger partial charge in [-0.05, 0) is 12.8 Å². The van der Waals surface area contributed by atoms with Crippen LogP contribution in [0.2, 0.25) is 0 Å². The second kappa shape index (κ2) is 6.51. The van der Waals surface area contributed by atoms with E-state index in [2.05, 4.69) is 10.2 Å². The first-order valence-corrected chi connectivity index (χ1v) is 7.14. The third-order valence-electron chi connectivity index (χ3n) is 4.12. The number of ether oxygens (including phenoxy) is 1. The zero-order valence-corrected chi connectivity index (χ0v) is 12.1. The van der Waals surface area contributed by atoms with Crippen LogP contribution in [0.15, 0.2) is 0 Å². The first kappa shape index (κ1) is 15.2. The van der Waals surface area contributed by atoms with Crippen LogP contribution < -0.4 is 11.1 Å². The Kier molecular flexibility index (Phi) is 4.95. The van der Waals surface area contributed by atoms with E-state index in [9.17, 15) is 9.59 Å². The van der Waals surface area contributed by atoms with Crippen molar-refractivity contribution in [3.63, 3.8) is 0 Å². The van der Waals surface area contributed by atoms with Crippen LogP contribution in [0.25, 0.3) is 0 Å². The lowest BCUT2D eigenvalue weighted by Gasteiger charge is -2.40. The lowest BCUT2D eigenvalue weighted by atomic mass is 9.89. The van der Waals surface area contributed by atoms with Crippen molar-refractivity contribution in [1.29, 1.82) is 0 Å². The Balaban J connectivity index is 1.84. The molecule has 0 bridgehead atoms. The van der Waals surface area contributed by atoms with Crippen molar-refractivity contribution >= 4 is 11.8 Å². The van der Waals surface area contributed by atoms with Crippen molar-refractivity contribution in [2.45, 2.75) is 18.4 Å². The normalized spacial score (nSPS) is 23.4. The van der Waals surface area contributed by atoms with Gasteiger partial charge in [-0.3, -0.25) is 14.5 Å². The molecule has 0 aromatic heterocycles. The smallest absolute Gasteiger partial charge is 0.242 e. The zero-order chi connectivity index (χ0) is 14.6. The van der Waals surface area contributed by atoms with Gasteiger partial charge in [-0.1, -0.05) is 0 Å². The average molecular weight is 284 g/mol. The van der Waals surface area contributed by atoms with E-state index < -0.39 is 5.54 Å². The van der Waals surface area contributed by atoms with Gasteiger partial charge in [-0.2, -0.15) is 0 Å². The number of nitrogens with two attached hydrogens (primary N) is 1. The SMILES string of the molecule is CNC(=O)CN1CCN(C(=O)C2(N)CCOCC2)CC1. The number of rotatable bonds is 3. The van der Waals surface area contributed by atoms with Gasteiger partial charge in [0.1, 0.15) is 0 Å². The molecule has 20 heavy (non-hydrogen) atoms. The van der Waals surface area contributed by atoms with Crippen LogP contribution in [-0.4, -0.2) is 80.1 Å². The van der Waals surface area contributed by atoms with Crippen molar-refractivity contribution in [1.82, 2.24) is 15.1 Å². The summed E-state index contributed by atoms with van der Waals surface area (Å²) in [6.45, 7) is 4.20. The van der Waals surface area contributed by atoms with Crippen molar-refractivity contribution in [2.24, 2.45) is 5.73 Å². The fourth-order valence-electron chi connectivity index (χ4n) is 2.66. The molecule has 2 saturated heterocycles. The second-order valence-corrected chi connectivity index (χ2v) is 5.51. The molecule has 2 aliphatic heterocycles. The van der Waals surface area contributed by atoms with Crippen molar-refractivity contribution in [3.8, 4) is 0 Å². The highest BCUT2D eigenvalue weighted by atomic mass is 16.5. The average Bonchev–Trinajstić information content (AvgIpc) is 2.48. The highest BCUT2D eigenvalue weighted by Gasteiger charge is 2.39. The van der Waals surface area contributed by atoms with Crippen LogP contribution >= 0.6 is 0 Å². The molecular weight excluding hydrogens is 260 g/mol. The molecule has 2 fully saturated rings. The van der Waals surface area contributed by atoms with E-state index in [0.717, 1.165) is 0 Å². The van der Waals surface area contributed by atoms with E-state index in [1.54, 1.807) is 7.05 Å². The summed E-state index contributed by atoms with van der Waals surface area (Å²) in [7, 11) is 1.63. The molecule has 0 spiro atoms. The highest BCUT2D eigenvalue weighted by molar-refractivity contribution is 5.86. The van der Waals surface area contributed by atoms with E-state index in [0.29, 0.717) is 58.8 Å². The minimum Gasteiger partial charge on any atom is -0.381 e. The fraction of sp³-hybridized carbons (Fsp3) is 0.846. The first-order valence-electron chi connectivity index (χ1n) is 7.14. The molecule has 0 saturated carbocycles. The van der Waals surface area contributed by atoms with Gasteiger partial charge in [0.05, 0.1) is 12.1 Å². The maximum absolute atomic E-state index is 12.5. The van der Waals surface area contributed by atoms with Crippen molar-refractivity contribution in [2.75, 3.05) is 53.0 Å². The summed E-state index contributed by atoms with van der Waals surface area (Å²) in [4.78, 5) is 27.7. The largest absolute Gasteiger partial charge is 0.381 e. The van der Waals surface area contributed by atoms with Gasteiger partial charge >= 0.3 is 0 Å². The molecule has 2 amide bonds. The molecule has 0 radical (unpaired) electrons. The van der Waals surface area contributed by atoms with Crippen molar-refractivity contribution in [3.05, 3.63) is 0 Å². The van der Waals surface area contributed by atoms with Gasteiger partial charge in [0.25, 0.3) is 0 Å². The summed E-state index contributed by atoms with van der Waals surface area (Å²) in [6.07, 6.45) is 1.18. The molecule has 2 rings (SSSR count). The molecule has 7 heteroatoms. The highest BCUT2D eigenvalue weighted by Crippen LogP contribution is 2.21. The van der Waals surface area contributed by atoms with Crippen LogP contribution in [0.3, 0.4) is 0 Å². The number of nitrogens with zero attached hydrogens (tertiary/aromatic N) is 2. The summed E-state index contributed by atoms with van der Waals surface area (Å²) < 4.78 is 5.27. The third-order valence-corrected chi connectivity index (χ3v) is 4.12. The van der Waals surface area contributed by atoms with E-state index >= 15 is 0 Å². The van der Waals surface area contributed by atoms with Gasteiger partial charge in [-0.15, -0.1) is 0 Å². The third kappa shape index (κ3) is 3.47. The number of nitrogens with one attached hydrogen (secondary N) is 1. The standard InChI is InChI=1S/C13H24N4O3/c1-15-11(18)10-16-4-6-17(7-5-16)12(19)13(14)2-8-20-9-3-13/h2-10,14H2,1H3,(H,15,18). The molecule has 2 heterocycles. The molecular formula is C13H24N4O3. The molecule has 2 aliphatic rings. The fourth-order valence-corrected chi connectivity index (χ4v) is 2.66. The van der Waals surface area contributed by atoms with Crippen LogP contribution in [0, 0.1) is 0 Å². The number of amides is 2. The zero-order valence-electron chi connectivity index (χ0n) is 12.1. The van der Waals surface area contributed by atoms with Gasteiger partial charge in [-0.25, -0.2) is 0 Å². The van der Waals surface area contributed by atoms with E-state index in [1.807, 2.05) is 4.90 Å². The Morgan fingerprint density at radius 1 is 1.20 bits per heavy atom. The summed E-state index contributed by atoms with van der Waals surface area (Å²) in [5.74, 6) is 0.0323. The quantitative estimate of drug-likeness (QED) is 0.651. The maximum Gasteiger partial charge on any atom is 0.242 e. The molecule has 114 valence electrons. The summed E-state index contributed by atoms with van der Waals surface area (Å²) in [6, 6.07) is 0. The summed E-state index contributed by atoms with van der Waals surface area (Å²) in [5, 5.41) is 2.61. The number of likely N-dealkylation sites (N-methyl/N-ethyl adjacent to an activating group) is 1. The summed E-state index contributed by atoms with van der Waals surface area (Å²) in [5.41, 5.74) is 5.46. The minimum atomic E-state index is -0.763. The maximum atomic E-state index is 12.5. The Morgan fingerprint density at radius 3 is 2.35 bits per heavy atom. The second-order valence-electron chi connectivity index (χ2n) is 5.51. The lowest BCUT2D eigenvalue weighted by Crippen LogP contribution is -2.61.